The summed E-state index contributed by atoms with van der Waals surface area (Å²) in [5.41, 5.74) is 7.69. The summed E-state index contributed by atoms with van der Waals surface area (Å²) < 4.78 is 0. The molecule has 2 N–H and O–H groups in total. The molecule has 2 atom stereocenters. The Balaban J connectivity index is 1.31. The zero-order valence-corrected chi connectivity index (χ0v) is 37.2. The number of aromatic hydroxyl groups is 2. The number of hydrogen-bond donors (Lipinski definition) is 2. The molecule has 0 heterocycles. The first-order valence-electron chi connectivity index (χ1n) is 20.9. The van der Waals surface area contributed by atoms with Gasteiger partial charge in [-0.15, -0.1) is 23.5 Å². The Morgan fingerprint density at radius 1 is 0.379 bits per heavy atom. The largest absolute Gasteiger partial charge is 0.506 e. The van der Waals surface area contributed by atoms with Crippen molar-refractivity contribution in [2.24, 2.45) is 0 Å². The van der Waals surface area contributed by atoms with Crippen LogP contribution in [0.25, 0.3) is 0 Å². The molecule has 1 fully saturated rings. The molecule has 6 aromatic rings. The molecule has 0 amide bonds. The Hall–Kier alpha value is -4.38. The molecule has 2 nitrogen and oxygen atoms in total. The third kappa shape index (κ3) is 8.25. The molecule has 1 aliphatic carbocycles. The Labute approximate surface area is 356 Å². The second kappa shape index (κ2) is 16.7. The molecule has 7 rings (SSSR count). The molecule has 1 saturated carbocycles. The quantitative estimate of drug-likeness (QED) is 0.129. The van der Waals surface area contributed by atoms with Crippen LogP contribution in [-0.2, 0) is 21.7 Å². The minimum atomic E-state index is -0.427. The van der Waals surface area contributed by atoms with Crippen LogP contribution in [0.3, 0.4) is 0 Å². The lowest BCUT2D eigenvalue weighted by Crippen LogP contribution is -2.26. The highest BCUT2D eigenvalue weighted by Crippen LogP contribution is 2.52. The first kappa shape index (κ1) is 41.8. The predicted octanol–water partition coefficient (Wildman–Crippen LogP) is 14.6. The van der Waals surface area contributed by atoms with Crippen LogP contribution >= 0.6 is 23.5 Å². The molecule has 6 aromatic carbocycles. The summed E-state index contributed by atoms with van der Waals surface area (Å²) in [6.45, 7) is 18.1. The number of thioether (sulfide) groups is 2. The summed E-state index contributed by atoms with van der Waals surface area (Å²) in [5, 5.41) is 25.3. The van der Waals surface area contributed by atoms with Crippen LogP contribution in [-0.4, -0.2) is 20.7 Å². The van der Waals surface area contributed by atoms with E-state index in [1.165, 1.54) is 33.4 Å². The Kier molecular flexibility index (Phi) is 12.0. The number of phenols is 2. The van der Waals surface area contributed by atoms with Crippen molar-refractivity contribution in [2.75, 3.05) is 0 Å². The van der Waals surface area contributed by atoms with Crippen molar-refractivity contribution in [2.45, 2.75) is 123 Å². The minimum absolute atomic E-state index is 0.239. The number of phenolic OH excluding ortho intramolecular Hbond substituents is 2. The molecule has 0 aromatic heterocycles. The van der Waals surface area contributed by atoms with Crippen LogP contribution in [0.5, 0.6) is 11.5 Å². The zero-order chi connectivity index (χ0) is 41.3. The predicted molar refractivity (Wildman–Crippen MR) is 248 cm³/mol. The third-order valence-corrected chi connectivity index (χ3v) is 16.2. The van der Waals surface area contributed by atoms with Gasteiger partial charge in [-0.3, -0.25) is 0 Å². The summed E-state index contributed by atoms with van der Waals surface area (Å²) in [7, 11) is 0. The van der Waals surface area contributed by atoms with Gasteiger partial charge < -0.3 is 10.2 Å². The second-order valence-corrected chi connectivity index (χ2v) is 20.9. The maximum atomic E-state index is 12.4. The highest BCUT2D eigenvalue weighted by molar-refractivity contribution is 8.04. The molecular formula is C54H60O2S2. The van der Waals surface area contributed by atoms with Crippen molar-refractivity contribution in [3.8, 4) is 11.5 Å². The average Bonchev–Trinajstić information content (AvgIpc) is 3.24. The van der Waals surface area contributed by atoms with Crippen LogP contribution < -0.4 is 0 Å². The SMILES string of the molecule is CC(C)(c1ccccc1)c1cc(S[C@H]2CCCC[C@@H]2Sc2cc(C(C)(C)c3ccccc3)cc(C(C)(C)c3ccccc3)c2O)c(O)c(C(C)(C)c2ccccc2)c1. The summed E-state index contributed by atoms with van der Waals surface area (Å²) in [5.74, 6) is 0.754. The van der Waals surface area contributed by atoms with Crippen LogP contribution in [0.15, 0.2) is 155 Å². The fourth-order valence-corrected chi connectivity index (χ4v) is 11.8. The first-order valence-corrected chi connectivity index (χ1v) is 22.7. The molecule has 4 heteroatoms. The van der Waals surface area contributed by atoms with Crippen LogP contribution in [0, 0.1) is 0 Å². The molecule has 0 unspecified atom stereocenters. The van der Waals surface area contributed by atoms with E-state index in [0.29, 0.717) is 11.5 Å². The maximum Gasteiger partial charge on any atom is 0.133 e. The smallest absolute Gasteiger partial charge is 0.133 e. The van der Waals surface area contributed by atoms with E-state index in [0.717, 1.165) is 46.6 Å². The van der Waals surface area contributed by atoms with Gasteiger partial charge in [0.1, 0.15) is 11.5 Å². The number of benzene rings is 6. The van der Waals surface area contributed by atoms with Crippen LogP contribution in [0.1, 0.15) is 126 Å². The van der Waals surface area contributed by atoms with Crippen molar-refractivity contribution in [3.05, 3.63) is 190 Å². The van der Waals surface area contributed by atoms with Crippen molar-refractivity contribution in [1.29, 1.82) is 0 Å². The molecule has 0 aliphatic heterocycles. The molecule has 0 saturated heterocycles. The molecular weight excluding hydrogens is 745 g/mol. The molecule has 1 aliphatic rings. The molecule has 0 radical (unpaired) electrons. The van der Waals surface area contributed by atoms with E-state index in [4.69, 9.17) is 0 Å². The minimum Gasteiger partial charge on any atom is -0.506 e. The summed E-state index contributed by atoms with van der Waals surface area (Å²) >= 11 is 3.67. The van der Waals surface area contributed by atoms with E-state index in [-0.39, 0.29) is 21.3 Å². The van der Waals surface area contributed by atoms with Crippen molar-refractivity contribution >= 4 is 23.5 Å². The fourth-order valence-electron chi connectivity index (χ4n) is 8.79. The zero-order valence-electron chi connectivity index (χ0n) is 35.6. The van der Waals surface area contributed by atoms with E-state index in [1.54, 1.807) is 0 Å². The Morgan fingerprint density at radius 2 is 0.655 bits per heavy atom. The summed E-state index contributed by atoms with van der Waals surface area (Å²) in [4.78, 5) is 1.87. The van der Waals surface area contributed by atoms with Crippen molar-refractivity contribution in [3.63, 3.8) is 0 Å². The Bertz CT molecular complexity index is 2150. The summed E-state index contributed by atoms with van der Waals surface area (Å²) in [6, 6.07) is 51.6. The Morgan fingerprint density at radius 3 is 0.948 bits per heavy atom. The van der Waals surface area contributed by atoms with Gasteiger partial charge in [-0.25, -0.2) is 0 Å². The fraction of sp³-hybridized carbons (Fsp3) is 0.333. The standard InChI is InChI=1S/C54H60O2S2/c1-51(2,37-23-13-9-14-24-37)41-33-43(53(5,6)39-27-17-11-18-28-39)49(55)47(35-41)57-45-31-21-22-32-46(45)58-48-36-42(52(3,4)38-25-15-10-16-26-38)34-44(50(48)56)54(7,8)40-29-19-12-20-30-40/h9-20,23-30,33-36,45-46,55-56H,21-22,31-32H2,1-8H3/t45-,46-/m0/s1. The number of hydrogen-bond acceptors (Lipinski definition) is 4. The maximum absolute atomic E-state index is 12.4. The van der Waals surface area contributed by atoms with Gasteiger partial charge in [0.2, 0.25) is 0 Å². The summed E-state index contributed by atoms with van der Waals surface area (Å²) in [6.07, 6.45) is 4.38. The second-order valence-electron chi connectivity index (χ2n) is 18.3. The molecule has 58 heavy (non-hydrogen) atoms. The van der Waals surface area contributed by atoms with Gasteiger partial charge in [0.15, 0.2) is 0 Å². The average molecular weight is 805 g/mol. The normalized spacial score (nSPS) is 16.6. The van der Waals surface area contributed by atoms with Gasteiger partial charge in [0.05, 0.1) is 9.79 Å². The van der Waals surface area contributed by atoms with Crippen molar-refractivity contribution < 1.29 is 10.2 Å². The van der Waals surface area contributed by atoms with Gasteiger partial charge in [-0.05, 0) is 58.4 Å². The van der Waals surface area contributed by atoms with E-state index in [2.05, 4.69) is 201 Å². The molecule has 300 valence electrons. The van der Waals surface area contributed by atoms with E-state index >= 15 is 0 Å². The monoisotopic (exact) mass is 804 g/mol. The molecule has 0 bridgehead atoms. The van der Waals surface area contributed by atoms with Crippen molar-refractivity contribution in [1.82, 2.24) is 0 Å². The number of rotatable bonds is 12. The topological polar surface area (TPSA) is 40.5 Å². The van der Waals surface area contributed by atoms with E-state index in [9.17, 15) is 10.2 Å². The highest BCUT2D eigenvalue weighted by atomic mass is 32.2. The highest BCUT2D eigenvalue weighted by Gasteiger charge is 2.37. The lowest BCUT2D eigenvalue weighted by molar-refractivity contribution is 0.436. The van der Waals surface area contributed by atoms with E-state index < -0.39 is 10.8 Å². The van der Waals surface area contributed by atoms with E-state index in [1.807, 2.05) is 23.5 Å². The lowest BCUT2D eigenvalue weighted by atomic mass is 9.73. The third-order valence-electron chi connectivity index (χ3n) is 13.1. The van der Waals surface area contributed by atoms with Gasteiger partial charge in [-0.2, -0.15) is 0 Å². The molecule has 0 spiro atoms. The van der Waals surface area contributed by atoms with Gasteiger partial charge in [0.25, 0.3) is 0 Å². The van der Waals surface area contributed by atoms with Crippen LogP contribution in [0.4, 0.5) is 0 Å². The van der Waals surface area contributed by atoms with Gasteiger partial charge >= 0.3 is 0 Å². The lowest BCUT2D eigenvalue weighted by Gasteiger charge is -2.35. The van der Waals surface area contributed by atoms with Gasteiger partial charge in [0, 0.05) is 43.3 Å². The van der Waals surface area contributed by atoms with Crippen LogP contribution in [0.2, 0.25) is 0 Å². The van der Waals surface area contributed by atoms with Gasteiger partial charge in [-0.1, -0.05) is 202 Å². The first-order chi connectivity index (χ1) is 27.6.